The van der Waals surface area contributed by atoms with Crippen LogP contribution in [0.1, 0.15) is 0 Å². The zero-order valence-electron chi connectivity index (χ0n) is 4.59. The van der Waals surface area contributed by atoms with Crippen molar-refractivity contribution in [3.05, 3.63) is 0 Å². The summed E-state index contributed by atoms with van der Waals surface area (Å²) in [7, 11) is 0. The van der Waals surface area contributed by atoms with Crippen LogP contribution < -0.4 is 5.31 Å². The third-order valence-corrected chi connectivity index (χ3v) is 0.501. The summed E-state index contributed by atoms with van der Waals surface area (Å²) >= 11 is 5.12. The number of hydrogen-bond acceptors (Lipinski definition) is 1. The Balaban J connectivity index is 3.32. The first kappa shape index (κ1) is 4.71. The lowest BCUT2D eigenvalue weighted by Gasteiger charge is -1.90. The molecule has 0 saturated heterocycles. The lowest BCUT2D eigenvalue weighted by molar-refractivity contribution is 0.195. The minimum absolute atomic E-state index is 0.0525. The minimum atomic E-state index is -1.27. The summed E-state index contributed by atoms with van der Waals surface area (Å²) in [5.41, 5.74) is 0. The van der Waals surface area contributed by atoms with Crippen LogP contribution in [0.25, 0.3) is 0 Å². The number of nitrogens with one attached hydrogen (secondary N) is 1. The molecule has 0 fully saturated rings. The monoisotopic (exact) mass is 124 g/mol. The standard InChI is InChI=1S/C3H6ClNO2/c4-1-2-5-3(6)7/h5H,1-2H2,(H,6,7)/i/hD. The van der Waals surface area contributed by atoms with E-state index in [0.717, 1.165) is 0 Å². The average Bonchev–Trinajstić information content (AvgIpc) is 1.67. The van der Waals surface area contributed by atoms with Crippen molar-refractivity contribution in [2.45, 2.75) is 0 Å². The molecule has 0 bridgehead atoms. The predicted molar refractivity (Wildman–Crippen MR) is 26.7 cm³/mol. The molecule has 0 aromatic carbocycles. The fourth-order valence-corrected chi connectivity index (χ4v) is 0.222. The van der Waals surface area contributed by atoms with Gasteiger partial charge in [0, 0.05) is 12.4 Å². The first-order chi connectivity index (χ1) is 3.68. The fraction of sp³-hybridized carbons (Fsp3) is 0.667. The van der Waals surface area contributed by atoms with E-state index in [0.29, 0.717) is 5.31 Å². The van der Waals surface area contributed by atoms with Crippen molar-refractivity contribution < 1.29 is 11.3 Å². The SMILES string of the molecule is [2H]N(CCCl)C(=O)O. The number of carbonyl (C=O) groups is 1. The molecule has 0 spiro atoms. The highest BCUT2D eigenvalue weighted by Crippen LogP contribution is 1.68. The van der Waals surface area contributed by atoms with Gasteiger partial charge in [0.25, 0.3) is 0 Å². The van der Waals surface area contributed by atoms with E-state index in [2.05, 4.69) is 0 Å². The Labute approximate surface area is 47.7 Å². The average molecular weight is 125 g/mol. The van der Waals surface area contributed by atoms with E-state index in [1.807, 2.05) is 0 Å². The predicted octanol–water partition coefficient (Wildman–Crippen LogP) is 0.493. The molecule has 0 rings (SSSR count). The molecular weight excluding hydrogens is 117 g/mol. The maximum absolute atomic E-state index is 9.77. The Bertz CT molecular complexity index is 89.4. The molecule has 0 aromatic heterocycles. The maximum Gasteiger partial charge on any atom is 0.404 e. The van der Waals surface area contributed by atoms with E-state index >= 15 is 0 Å². The summed E-state index contributed by atoms with van der Waals surface area (Å²) in [6.07, 6.45) is -1.27. The van der Waals surface area contributed by atoms with Crippen molar-refractivity contribution in [3.63, 3.8) is 0 Å². The highest BCUT2D eigenvalue weighted by molar-refractivity contribution is 6.18. The molecule has 0 unspecified atom stereocenters. The van der Waals surface area contributed by atoms with Gasteiger partial charge in [0.15, 0.2) is 1.41 Å². The molecule has 0 radical (unpaired) electrons. The Hall–Kier alpha value is -0.440. The van der Waals surface area contributed by atoms with E-state index in [9.17, 15) is 4.79 Å². The number of rotatable bonds is 2. The molecule has 0 saturated carbocycles. The number of amides is 1. The van der Waals surface area contributed by atoms with Crippen molar-refractivity contribution in [2.24, 2.45) is 0 Å². The number of carboxylic acid groups (broad SMARTS) is 1. The molecule has 0 aliphatic carbocycles. The lowest BCUT2D eigenvalue weighted by Crippen LogP contribution is -2.22. The molecule has 4 heteroatoms. The summed E-state index contributed by atoms with van der Waals surface area (Å²) in [6, 6.07) is 0. The largest absolute Gasteiger partial charge is 0.465 e. The van der Waals surface area contributed by atoms with Gasteiger partial charge >= 0.3 is 6.09 Å². The molecule has 0 heterocycles. The quantitative estimate of drug-likeness (QED) is 0.527. The highest BCUT2D eigenvalue weighted by atomic mass is 35.5. The van der Waals surface area contributed by atoms with Gasteiger partial charge in [0.05, 0.1) is 0 Å². The smallest absolute Gasteiger partial charge is 0.404 e. The van der Waals surface area contributed by atoms with Crippen molar-refractivity contribution in [2.75, 3.05) is 12.4 Å². The fourth-order valence-electron chi connectivity index (χ4n) is 0.138. The van der Waals surface area contributed by atoms with Crippen LogP contribution in [0.5, 0.6) is 0 Å². The van der Waals surface area contributed by atoms with Crippen LogP contribution in [0.15, 0.2) is 0 Å². The zero-order valence-corrected chi connectivity index (χ0v) is 4.35. The summed E-state index contributed by atoms with van der Waals surface area (Å²) < 4.78 is 6.58. The molecule has 7 heavy (non-hydrogen) atoms. The van der Waals surface area contributed by atoms with Crippen molar-refractivity contribution >= 4 is 17.7 Å². The normalized spacial score (nSPS) is 10.1. The van der Waals surface area contributed by atoms with Crippen molar-refractivity contribution in [1.82, 2.24) is 5.31 Å². The molecule has 42 valence electrons. The van der Waals surface area contributed by atoms with E-state index < -0.39 is 6.09 Å². The zero-order chi connectivity index (χ0) is 6.57. The van der Waals surface area contributed by atoms with Crippen molar-refractivity contribution in [1.29, 1.82) is 0 Å². The molecule has 3 nitrogen and oxygen atoms in total. The molecule has 0 aliphatic rings. The van der Waals surface area contributed by atoms with Gasteiger partial charge in [-0.1, -0.05) is 0 Å². The van der Waals surface area contributed by atoms with Gasteiger partial charge in [0.1, 0.15) is 0 Å². The summed E-state index contributed by atoms with van der Waals surface area (Å²) in [5, 5.41) is 8.37. The van der Waals surface area contributed by atoms with Crippen LogP contribution in [0.4, 0.5) is 4.79 Å². The third-order valence-electron chi connectivity index (χ3n) is 0.332. The summed E-state index contributed by atoms with van der Waals surface area (Å²) in [5.74, 6) is 0.163. The summed E-state index contributed by atoms with van der Waals surface area (Å²) in [6.45, 7) is 0.0525. The van der Waals surface area contributed by atoms with Gasteiger partial charge in [-0.05, 0) is 0 Å². The van der Waals surface area contributed by atoms with Gasteiger partial charge in [-0.25, -0.2) is 4.79 Å². The van der Waals surface area contributed by atoms with Crippen LogP contribution in [0, 0.1) is 0 Å². The Morgan fingerprint density at radius 1 is 2.14 bits per heavy atom. The Kier molecular flexibility index (Phi) is 2.52. The van der Waals surface area contributed by atoms with Crippen molar-refractivity contribution in [3.8, 4) is 0 Å². The highest BCUT2D eigenvalue weighted by Gasteiger charge is 1.87. The molecule has 2 N–H and O–H groups in total. The van der Waals surface area contributed by atoms with Gasteiger partial charge in [-0.15, -0.1) is 11.6 Å². The second-order valence-electron chi connectivity index (χ2n) is 0.853. The number of alkyl halides is 1. The van der Waals surface area contributed by atoms with Crippen LogP contribution >= 0.6 is 11.6 Å². The van der Waals surface area contributed by atoms with Gasteiger partial charge in [-0.3, -0.25) is 0 Å². The van der Waals surface area contributed by atoms with E-state index in [-0.39, 0.29) is 12.4 Å². The third kappa shape index (κ3) is 5.56. The lowest BCUT2D eigenvalue weighted by atomic mass is 10.7. The number of hydrogen-bond donors (Lipinski definition) is 2. The first-order valence-electron chi connectivity index (χ1n) is 2.18. The Morgan fingerprint density at radius 3 is 2.86 bits per heavy atom. The molecule has 1 amide bonds. The molecular formula is C3H6ClNO2. The van der Waals surface area contributed by atoms with E-state index in [1.165, 1.54) is 0 Å². The maximum atomic E-state index is 9.77. The molecule has 0 atom stereocenters. The van der Waals surface area contributed by atoms with Crippen LogP contribution in [0.3, 0.4) is 0 Å². The molecule has 0 aliphatic heterocycles. The van der Waals surface area contributed by atoms with Gasteiger partial charge in [-0.2, -0.15) is 0 Å². The molecule has 0 aromatic rings. The summed E-state index contributed by atoms with van der Waals surface area (Å²) in [4.78, 5) is 9.77. The van der Waals surface area contributed by atoms with Gasteiger partial charge < -0.3 is 10.4 Å². The Morgan fingerprint density at radius 2 is 2.71 bits per heavy atom. The van der Waals surface area contributed by atoms with Crippen LogP contribution in [-0.4, -0.2) is 23.6 Å². The van der Waals surface area contributed by atoms with Crippen LogP contribution in [-0.2, 0) is 0 Å². The topological polar surface area (TPSA) is 49.3 Å². The second-order valence-corrected chi connectivity index (χ2v) is 1.23. The minimum Gasteiger partial charge on any atom is -0.465 e. The number of halogens is 1. The van der Waals surface area contributed by atoms with E-state index in [1.54, 1.807) is 0 Å². The van der Waals surface area contributed by atoms with Crippen LogP contribution in [0.2, 0.25) is 1.41 Å². The first-order valence-corrected chi connectivity index (χ1v) is 2.27. The van der Waals surface area contributed by atoms with E-state index in [4.69, 9.17) is 18.1 Å². The second kappa shape index (κ2) is 3.74. The van der Waals surface area contributed by atoms with Gasteiger partial charge in [0.2, 0.25) is 0 Å².